The van der Waals surface area contributed by atoms with Crippen LogP contribution in [-0.2, 0) is 20.0 Å². The second-order valence-electron chi connectivity index (χ2n) is 5.10. The van der Waals surface area contributed by atoms with Crippen molar-refractivity contribution in [1.82, 2.24) is 0 Å². The van der Waals surface area contributed by atoms with Crippen molar-refractivity contribution in [1.29, 1.82) is 0 Å². The Labute approximate surface area is 143 Å². The standard InChI is InChI=1S/C13H14N2O6S3/c1-21-9-4-2-8(3-5-9)15-7-11(16)10-6-12(23(14,17)18)22-13(10)24(15,19)20/h2-6,11,16H,7H2,1H3,(H2,14,17,18)/t11-/m0/s1. The summed E-state index contributed by atoms with van der Waals surface area (Å²) in [4.78, 5) is 0. The molecule has 3 rings (SSSR count). The number of fused-ring (bicyclic) bond motifs is 1. The van der Waals surface area contributed by atoms with Crippen molar-refractivity contribution >= 4 is 37.1 Å². The van der Waals surface area contributed by atoms with Crippen LogP contribution in [0.5, 0.6) is 5.75 Å². The van der Waals surface area contributed by atoms with E-state index in [-0.39, 0.29) is 20.5 Å². The lowest BCUT2D eigenvalue weighted by Crippen LogP contribution is -2.38. The van der Waals surface area contributed by atoms with Gasteiger partial charge in [0.2, 0.25) is 10.0 Å². The molecule has 1 aliphatic heterocycles. The molecular formula is C13H14N2O6S3. The van der Waals surface area contributed by atoms with Crippen LogP contribution in [0.25, 0.3) is 0 Å². The molecule has 2 aromatic rings. The van der Waals surface area contributed by atoms with Crippen molar-refractivity contribution in [3.8, 4) is 5.75 Å². The van der Waals surface area contributed by atoms with Gasteiger partial charge in [-0.2, -0.15) is 0 Å². The number of nitrogens with zero attached hydrogens (tertiary/aromatic N) is 1. The molecule has 0 spiro atoms. The van der Waals surface area contributed by atoms with Crippen molar-refractivity contribution < 1.29 is 26.7 Å². The maximum Gasteiger partial charge on any atom is 0.274 e. The first-order valence-electron chi connectivity index (χ1n) is 6.66. The summed E-state index contributed by atoms with van der Waals surface area (Å²) in [5.41, 5.74) is 0.389. The summed E-state index contributed by atoms with van der Waals surface area (Å²) in [6.45, 7) is -0.220. The number of β-amino-alcohol motifs (C(OH)–C–C–N with tert-alkyl or cyclic N) is 1. The van der Waals surface area contributed by atoms with Crippen LogP contribution in [0.15, 0.2) is 38.8 Å². The number of rotatable bonds is 3. The maximum absolute atomic E-state index is 12.8. The fourth-order valence-electron chi connectivity index (χ4n) is 2.39. The van der Waals surface area contributed by atoms with Crippen LogP contribution in [0, 0.1) is 0 Å². The molecule has 0 amide bonds. The first-order chi connectivity index (χ1) is 11.1. The molecule has 0 fully saturated rings. The van der Waals surface area contributed by atoms with Crippen LogP contribution < -0.4 is 14.2 Å². The molecule has 0 aliphatic carbocycles. The highest BCUT2D eigenvalue weighted by Crippen LogP contribution is 2.41. The molecule has 0 saturated carbocycles. The van der Waals surface area contributed by atoms with Gasteiger partial charge in [-0.15, -0.1) is 11.3 Å². The number of aliphatic hydroxyl groups is 1. The Morgan fingerprint density at radius 2 is 1.96 bits per heavy atom. The Morgan fingerprint density at radius 1 is 1.33 bits per heavy atom. The van der Waals surface area contributed by atoms with E-state index < -0.39 is 26.2 Å². The van der Waals surface area contributed by atoms with E-state index in [0.717, 1.165) is 10.4 Å². The summed E-state index contributed by atoms with van der Waals surface area (Å²) in [6.07, 6.45) is -1.16. The van der Waals surface area contributed by atoms with Crippen LogP contribution >= 0.6 is 11.3 Å². The van der Waals surface area contributed by atoms with Gasteiger partial charge in [0.15, 0.2) is 0 Å². The minimum Gasteiger partial charge on any atom is -0.497 e. The highest BCUT2D eigenvalue weighted by atomic mass is 32.3. The molecule has 0 bridgehead atoms. The average Bonchev–Trinajstić information content (AvgIpc) is 2.98. The quantitative estimate of drug-likeness (QED) is 0.792. The third-order valence-electron chi connectivity index (χ3n) is 3.57. The summed E-state index contributed by atoms with van der Waals surface area (Å²) >= 11 is 0.532. The van der Waals surface area contributed by atoms with Gasteiger partial charge in [0, 0.05) is 5.56 Å². The number of anilines is 1. The molecule has 1 aliphatic rings. The van der Waals surface area contributed by atoms with Crippen molar-refractivity contribution in [2.75, 3.05) is 18.0 Å². The van der Waals surface area contributed by atoms with Gasteiger partial charge >= 0.3 is 0 Å². The number of sulfonamides is 2. The van der Waals surface area contributed by atoms with E-state index >= 15 is 0 Å². The molecule has 2 heterocycles. The van der Waals surface area contributed by atoms with Crippen molar-refractivity contribution in [2.45, 2.75) is 14.5 Å². The number of aliphatic hydroxyl groups excluding tert-OH is 1. The Bertz CT molecular complexity index is 979. The van der Waals surface area contributed by atoms with Crippen LogP contribution in [-0.4, -0.2) is 35.6 Å². The summed E-state index contributed by atoms with van der Waals surface area (Å²) in [5, 5.41) is 15.3. The molecule has 0 unspecified atom stereocenters. The van der Waals surface area contributed by atoms with E-state index in [0.29, 0.717) is 22.8 Å². The zero-order chi connectivity index (χ0) is 17.7. The van der Waals surface area contributed by atoms with Crippen LogP contribution in [0.4, 0.5) is 5.69 Å². The van der Waals surface area contributed by atoms with Gasteiger partial charge < -0.3 is 9.84 Å². The molecule has 8 nitrogen and oxygen atoms in total. The lowest BCUT2D eigenvalue weighted by molar-refractivity contribution is 0.182. The molecule has 1 aromatic heterocycles. The fraction of sp³-hybridized carbons (Fsp3) is 0.231. The first-order valence-corrected chi connectivity index (χ1v) is 10.5. The zero-order valence-corrected chi connectivity index (χ0v) is 14.9. The summed E-state index contributed by atoms with van der Waals surface area (Å²) in [5.74, 6) is 0.557. The summed E-state index contributed by atoms with van der Waals surface area (Å²) in [6, 6.07) is 7.39. The molecule has 1 aromatic carbocycles. The maximum atomic E-state index is 12.8. The number of hydrogen-bond acceptors (Lipinski definition) is 7. The Kier molecular flexibility index (Phi) is 4.08. The van der Waals surface area contributed by atoms with Crippen LogP contribution in [0.3, 0.4) is 0 Å². The van der Waals surface area contributed by atoms with Crippen LogP contribution in [0.1, 0.15) is 11.7 Å². The van der Waals surface area contributed by atoms with Crippen LogP contribution in [0.2, 0.25) is 0 Å². The largest absolute Gasteiger partial charge is 0.497 e. The second-order valence-corrected chi connectivity index (χ2v) is 10.0. The van der Waals surface area contributed by atoms with Gasteiger partial charge in [-0.05, 0) is 30.3 Å². The third-order valence-corrected chi connectivity index (χ3v) is 8.46. The lowest BCUT2D eigenvalue weighted by Gasteiger charge is -2.31. The predicted octanol–water partition coefficient (Wildman–Crippen LogP) is 0.646. The van der Waals surface area contributed by atoms with E-state index in [1.54, 1.807) is 24.3 Å². The number of ether oxygens (including phenoxy) is 1. The SMILES string of the molecule is COc1ccc(N2C[C@H](O)c3cc(S(N)(=O)=O)sc3S2(=O)=O)cc1. The molecular weight excluding hydrogens is 376 g/mol. The van der Waals surface area contributed by atoms with E-state index in [1.807, 2.05) is 0 Å². The van der Waals surface area contributed by atoms with E-state index in [2.05, 4.69) is 0 Å². The van der Waals surface area contributed by atoms with Gasteiger partial charge in [-0.25, -0.2) is 22.0 Å². The molecule has 0 saturated heterocycles. The van der Waals surface area contributed by atoms with E-state index in [1.165, 1.54) is 7.11 Å². The van der Waals surface area contributed by atoms with Crippen molar-refractivity contribution in [2.24, 2.45) is 5.14 Å². The van der Waals surface area contributed by atoms with Gasteiger partial charge in [0.05, 0.1) is 25.4 Å². The molecule has 0 radical (unpaired) electrons. The van der Waals surface area contributed by atoms with Gasteiger partial charge in [-0.1, -0.05) is 0 Å². The average molecular weight is 390 g/mol. The Morgan fingerprint density at radius 3 is 2.50 bits per heavy atom. The summed E-state index contributed by atoms with van der Waals surface area (Å²) < 4.78 is 54.1. The van der Waals surface area contributed by atoms with Gasteiger partial charge in [0.25, 0.3) is 10.0 Å². The topological polar surface area (TPSA) is 127 Å². The number of thiophene rings is 1. The minimum absolute atomic E-state index is 0.0498. The molecule has 11 heteroatoms. The molecule has 1 atom stereocenters. The zero-order valence-electron chi connectivity index (χ0n) is 12.4. The number of hydrogen-bond donors (Lipinski definition) is 2. The molecule has 130 valence electrons. The summed E-state index contributed by atoms with van der Waals surface area (Å²) in [7, 11) is -6.56. The second kappa shape index (κ2) is 5.70. The van der Waals surface area contributed by atoms with Gasteiger partial charge in [0.1, 0.15) is 14.2 Å². The predicted molar refractivity (Wildman–Crippen MR) is 88.2 cm³/mol. The lowest BCUT2D eigenvalue weighted by atomic mass is 10.2. The number of methoxy groups -OCH3 is 1. The van der Waals surface area contributed by atoms with E-state index in [4.69, 9.17) is 9.88 Å². The van der Waals surface area contributed by atoms with E-state index in [9.17, 15) is 21.9 Å². The fourth-order valence-corrected chi connectivity index (χ4v) is 6.62. The number of primary sulfonamides is 1. The smallest absolute Gasteiger partial charge is 0.274 e. The molecule has 24 heavy (non-hydrogen) atoms. The number of nitrogens with two attached hydrogens (primary N) is 1. The highest BCUT2D eigenvalue weighted by Gasteiger charge is 2.39. The highest BCUT2D eigenvalue weighted by molar-refractivity contribution is 7.96. The van der Waals surface area contributed by atoms with Crippen molar-refractivity contribution in [3.05, 3.63) is 35.9 Å². The third kappa shape index (κ3) is 2.78. The minimum atomic E-state index is -4.05. The monoisotopic (exact) mass is 390 g/mol. The molecule has 3 N–H and O–H groups in total. The first kappa shape index (κ1) is 17.2. The van der Waals surface area contributed by atoms with Crippen molar-refractivity contribution in [3.63, 3.8) is 0 Å². The van der Waals surface area contributed by atoms with Gasteiger partial charge in [-0.3, -0.25) is 4.31 Å². The Balaban J connectivity index is 2.11. The normalized spacial score (nSPS) is 19.8. The number of benzene rings is 1. The Hall–Kier alpha value is -1.66.